The van der Waals surface area contributed by atoms with Crippen molar-refractivity contribution in [2.24, 2.45) is 0 Å². The van der Waals surface area contributed by atoms with Crippen molar-refractivity contribution in [3.05, 3.63) is 59.7 Å². The molecule has 0 fully saturated rings. The van der Waals surface area contributed by atoms with Crippen LogP contribution in [-0.2, 0) is 11.2 Å². The first-order valence-electron chi connectivity index (χ1n) is 6.48. The Kier molecular flexibility index (Phi) is 4.25. The summed E-state index contributed by atoms with van der Waals surface area (Å²) in [7, 11) is 0. The Morgan fingerprint density at radius 2 is 1.85 bits per heavy atom. The van der Waals surface area contributed by atoms with E-state index in [0.29, 0.717) is 11.3 Å². The Morgan fingerprint density at radius 3 is 2.50 bits per heavy atom. The molecule has 1 amide bonds. The second-order valence-corrected chi connectivity index (χ2v) is 4.76. The van der Waals surface area contributed by atoms with Crippen molar-refractivity contribution in [1.29, 1.82) is 0 Å². The third-order valence-corrected chi connectivity index (χ3v) is 3.16. The van der Waals surface area contributed by atoms with Crippen LogP contribution in [0.4, 0.5) is 5.69 Å². The van der Waals surface area contributed by atoms with Crippen molar-refractivity contribution < 1.29 is 9.90 Å². The van der Waals surface area contributed by atoms with Gasteiger partial charge in [-0.3, -0.25) is 4.79 Å². The lowest BCUT2D eigenvalue weighted by Gasteiger charge is -2.15. The van der Waals surface area contributed by atoms with E-state index >= 15 is 0 Å². The standard InChI is InChI=1S/C16H18N2O2/c1-11(12-6-8-14(17)9-7-12)18-16(20)10-13-4-2-3-5-15(13)19/h2-9,11,19H,10,17H2,1H3,(H,18,20). The summed E-state index contributed by atoms with van der Waals surface area (Å²) < 4.78 is 0. The monoisotopic (exact) mass is 270 g/mol. The molecule has 0 bridgehead atoms. The number of anilines is 1. The van der Waals surface area contributed by atoms with Crippen molar-refractivity contribution in [1.82, 2.24) is 5.32 Å². The van der Waals surface area contributed by atoms with Gasteiger partial charge in [-0.1, -0.05) is 30.3 Å². The Labute approximate surface area is 118 Å². The minimum Gasteiger partial charge on any atom is -0.508 e. The van der Waals surface area contributed by atoms with E-state index in [2.05, 4.69) is 5.32 Å². The third kappa shape index (κ3) is 3.51. The number of aromatic hydroxyl groups is 1. The van der Waals surface area contributed by atoms with Gasteiger partial charge in [-0.2, -0.15) is 0 Å². The highest BCUT2D eigenvalue weighted by molar-refractivity contribution is 5.79. The molecule has 4 nitrogen and oxygen atoms in total. The van der Waals surface area contributed by atoms with Crippen molar-refractivity contribution in [3.63, 3.8) is 0 Å². The van der Waals surface area contributed by atoms with Gasteiger partial charge in [0.15, 0.2) is 0 Å². The molecule has 0 saturated heterocycles. The van der Waals surface area contributed by atoms with Crippen LogP contribution in [0, 0.1) is 0 Å². The maximum Gasteiger partial charge on any atom is 0.225 e. The van der Waals surface area contributed by atoms with E-state index in [-0.39, 0.29) is 24.1 Å². The van der Waals surface area contributed by atoms with E-state index in [4.69, 9.17) is 5.73 Å². The molecular formula is C16H18N2O2. The number of amides is 1. The molecule has 104 valence electrons. The second kappa shape index (κ2) is 6.10. The summed E-state index contributed by atoms with van der Waals surface area (Å²) >= 11 is 0. The number of hydrogen-bond acceptors (Lipinski definition) is 3. The van der Waals surface area contributed by atoms with E-state index in [1.54, 1.807) is 36.4 Å². The molecule has 0 spiro atoms. The number of para-hydroxylation sites is 1. The lowest BCUT2D eigenvalue weighted by Crippen LogP contribution is -2.28. The first-order valence-corrected chi connectivity index (χ1v) is 6.48. The van der Waals surface area contributed by atoms with E-state index in [1.807, 2.05) is 19.1 Å². The number of rotatable bonds is 4. The van der Waals surface area contributed by atoms with Crippen LogP contribution in [0.2, 0.25) is 0 Å². The van der Waals surface area contributed by atoms with Crippen LogP contribution >= 0.6 is 0 Å². The fourth-order valence-electron chi connectivity index (χ4n) is 1.99. The topological polar surface area (TPSA) is 75.3 Å². The van der Waals surface area contributed by atoms with Crippen molar-refractivity contribution in [2.45, 2.75) is 19.4 Å². The highest BCUT2D eigenvalue weighted by Crippen LogP contribution is 2.17. The molecule has 2 aromatic carbocycles. The number of carbonyl (C=O) groups is 1. The van der Waals surface area contributed by atoms with Gasteiger partial charge in [0.05, 0.1) is 12.5 Å². The number of nitrogens with one attached hydrogen (secondary N) is 1. The molecule has 4 heteroatoms. The van der Waals surface area contributed by atoms with E-state index in [9.17, 15) is 9.90 Å². The number of nitrogen functional groups attached to an aromatic ring is 1. The third-order valence-electron chi connectivity index (χ3n) is 3.16. The van der Waals surface area contributed by atoms with Gasteiger partial charge in [0.25, 0.3) is 0 Å². The number of nitrogens with two attached hydrogens (primary N) is 1. The molecule has 20 heavy (non-hydrogen) atoms. The average molecular weight is 270 g/mol. The van der Waals surface area contributed by atoms with Crippen LogP contribution in [0.25, 0.3) is 0 Å². The summed E-state index contributed by atoms with van der Waals surface area (Å²) in [6.45, 7) is 1.91. The zero-order valence-electron chi connectivity index (χ0n) is 11.3. The highest BCUT2D eigenvalue weighted by Gasteiger charge is 2.11. The smallest absolute Gasteiger partial charge is 0.225 e. The molecule has 0 radical (unpaired) electrons. The molecule has 2 aromatic rings. The van der Waals surface area contributed by atoms with Gasteiger partial charge in [-0.25, -0.2) is 0 Å². The number of carbonyl (C=O) groups excluding carboxylic acids is 1. The van der Waals surface area contributed by atoms with Crippen LogP contribution in [0.1, 0.15) is 24.1 Å². The molecule has 1 atom stereocenters. The van der Waals surface area contributed by atoms with Gasteiger partial charge in [0.2, 0.25) is 5.91 Å². The zero-order valence-corrected chi connectivity index (χ0v) is 11.3. The molecule has 0 aromatic heterocycles. The zero-order chi connectivity index (χ0) is 14.5. The lowest BCUT2D eigenvalue weighted by molar-refractivity contribution is -0.121. The molecule has 2 rings (SSSR count). The average Bonchev–Trinajstić information content (AvgIpc) is 2.42. The van der Waals surface area contributed by atoms with Crippen LogP contribution < -0.4 is 11.1 Å². The van der Waals surface area contributed by atoms with Crippen LogP contribution in [0.3, 0.4) is 0 Å². The summed E-state index contributed by atoms with van der Waals surface area (Å²) in [6, 6.07) is 14.1. The Bertz CT molecular complexity index is 594. The number of benzene rings is 2. The molecule has 0 saturated carbocycles. The second-order valence-electron chi connectivity index (χ2n) is 4.76. The minimum atomic E-state index is -0.129. The number of hydrogen-bond donors (Lipinski definition) is 3. The van der Waals surface area contributed by atoms with Crippen LogP contribution in [0.5, 0.6) is 5.75 Å². The molecule has 1 unspecified atom stereocenters. The van der Waals surface area contributed by atoms with E-state index in [0.717, 1.165) is 5.56 Å². The summed E-state index contributed by atoms with van der Waals surface area (Å²) in [5.41, 5.74) is 7.94. The predicted molar refractivity (Wildman–Crippen MR) is 79.2 cm³/mol. The van der Waals surface area contributed by atoms with Crippen molar-refractivity contribution >= 4 is 11.6 Å². The largest absolute Gasteiger partial charge is 0.508 e. The number of phenolic OH excluding ortho intramolecular Hbond substituents is 1. The minimum absolute atomic E-state index is 0.103. The van der Waals surface area contributed by atoms with Gasteiger partial charge < -0.3 is 16.2 Å². The summed E-state index contributed by atoms with van der Waals surface area (Å²) in [5, 5.41) is 12.5. The van der Waals surface area contributed by atoms with Gasteiger partial charge in [0, 0.05) is 11.3 Å². The Hall–Kier alpha value is -2.49. The summed E-state index contributed by atoms with van der Waals surface area (Å²) in [6.07, 6.45) is 0.159. The lowest BCUT2D eigenvalue weighted by atomic mass is 10.1. The first-order chi connectivity index (χ1) is 9.56. The van der Waals surface area contributed by atoms with Gasteiger partial charge in [0.1, 0.15) is 5.75 Å². The first kappa shape index (κ1) is 13.9. The summed E-state index contributed by atoms with van der Waals surface area (Å²) in [4.78, 5) is 12.0. The van der Waals surface area contributed by atoms with E-state index in [1.165, 1.54) is 0 Å². The molecule has 0 aliphatic heterocycles. The van der Waals surface area contributed by atoms with Crippen LogP contribution in [-0.4, -0.2) is 11.0 Å². The Morgan fingerprint density at radius 1 is 1.20 bits per heavy atom. The molecule has 4 N–H and O–H groups in total. The molecule has 0 aliphatic carbocycles. The normalized spacial score (nSPS) is 11.8. The maximum atomic E-state index is 12.0. The fourth-order valence-corrected chi connectivity index (χ4v) is 1.99. The molecule has 0 aliphatic rings. The van der Waals surface area contributed by atoms with Gasteiger partial charge in [-0.15, -0.1) is 0 Å². The predicted octanol–water partition coefficient (Wildman–Crippen LogP) is 2.39. The number of phenols is 1. The summed E-state index contributed by atoms with van der Waals surface area (Å²) in [5.74, 6) is 0.0126. The van der Waals surface area contributed by atoms with Crippen LogP contribution in [0.15, 0.2) is 48.5 Å². The van der Waals surface area contributed by atoms with Crippen molar-refractivity contribution in [2.75, 3.05) is 5.73 Å². The van der Waals surface area contributed by atoms with Gasteiger partial charge in [-0.05, 0) is 30.7 Å². The SMILES string of the molecule is CC(NC(=O)Cc1ccccc1O)c1ccc(N)cc1. The maximum absolute atomic E-state index is 12.0. The van der Waals surface area contributed by atoms with E-state index < -0.39 is 0 Å². The fraction of sp³-hybridized carbons (Fsp3) is 0.188. The Balaban J connectivity index is 1.98. The van der Waals surface area contributed by atoms with Gasteiger partial charge >= 0.3 is 0 Å². The van der Waals surface area contributed by atoms with Crippen molar-refractivity contribution in [3.8, 4) is 5.75 Å². The quantitative estimate of drug-likeness (QED) is 0.747. The molecular weight excluding hydrogens is 252 g/mol. The molecule has 0 heterocycles. The highest BCUT2D eigenvalue weighted by atomic mass is 16.3.